The van der Waals surface area contributed by atoms with E-state index in [1.165, 1.54) is 31.4 Å². The average molecular weight is 405 g/mol. The Labute approximate surface area is 173 Å². The van der Waals surface area contributed by atoms with Crippen molar-refractivity contribution in [2.45, 2.75) is 24.7 Å². The Hall–Kier alpha value is -3.28. The van der Waals surface area contributed by atoms with Gasteiger partial charge in [0.15, 0.2) is 0 Å². The fraction of sp³-hybridized carbons (Fsp3) is 0.250. The minimum atomic E-state index is -0.709. The standard InChI is InChI=1S/C24H21F2N3O/c1-30-29-22(15-8-9-15)23-20-10-11-24(14-21(20)27-28-23,16-4-2-6-18(25)12-16)17-5-3-7-19(26)13-17/h2-7,10-13,15H,8-9,14H2,1H3,(H,27,28). The predicted molar refractivity (Wildman–Crippen MR) is 111 cm³/mol. The number of hydrogen-bond acceptors (Lipinski definition) is 3. The van der Waals surface area contributed by atoms with Crippen molar-refractivity contribution < 1.29 is 13.6 Å². The van der Waals surface area contributed by atoms with Crippen LogP contribution in [0.4, 0.5) is 8.78 Å². The monoisotopic (exact) mass is 405 g/mol. The minimum absolute atomic E-state index is 0.323. The molecule has 5 rings (SSSR count). The third-order valence-electron chi connectivity index (χ3n) is 5.95. The molecular formula is C24H21F2N3O. The number of benzene rings is 2. The van der Waals surface area contributed by atoms with Gasteiger partial charge in [-0.1, -0.05) is 41.6 Å². The maximum atomic E-state index is 14.1. The Balaban J connectivity index is 1.65. The molecule has 2 aliphatic carbocycles. The minimum Gasteiger partial charge on any atom is -0.399 e. The first-order valence-electron chi connectivity index (χ1n) is 10.0. The molecule has 6 heteroatoms. The highest BCUT2D eigenvalue weighted by molar-refractivity contribution is 6.04. The smallest absolute Gasteiger partial charge is 0.123 e. The van der Waals surface area contributed by atoms with E-state index in [1.807, 2.05) is 24.3 Å². The Morgan fingerprint density at radius 2 is 1.77 bits per heavy atom. The van der Waals surface area contributed by atoms with Crippen LogP contribution in [0.2, 0.25) is 0 Å². The van der Waals surface area contributed by atoms with Crippen molar-refractivity contribution in [2.75, 3.05) is 7.11 Å². The molecule has 2 aromatic carbocycles. The van der Waals surface area contributed by atoms with Crippen LogP contribution in [0.3, 0.4) is 0 Å². The van der Waals surface area contributed by atoms with Crippen LogP contribution in [-0.4, -0.2) is 23.0 Å². The molecule has 30 heavy (non-hydrogen) atoms. The van der Waals surface area contributed by atoms with Crippen molar-refractivity contribution in [3.63, 3.8) is 0 Å². The van der Waals surface area contributed by atoms with Crippen LogP contribution in [0.5, 0.6) is 0 Å². The molecule has 0 amide bonds. The maximum Gasteiger partial charge on any atom is 0.123 e. The first-order chi connectivity index (χ1) is 14.6. The van der Waals surface area contributed by atoms with Gasteiger partial charge < -0.3 is 4.84 Å². The number of aromatic amines is 1. The van der Waals surface area contributed by atoms with Crippen molar-refractivity contribution in [3.8, 4) is 0 Å². The first-order valence-corrected chi connectivity index (χ1v) is 10.0. The maximum absolute atomic E-state index is 14.1. The average Bonchev–Trinajstić information content (AvgIpc) is 3.51. The topological polar surface area (TPSA) is 50.3 Å². The molecule has 1 saturated carbocycles. The van der Waals surface area contributed by atoms with Crippen LogP contribution in [-0.2, 0) is 16.7 Å². The quantitative estimate of drug-likeness (QED) is 0.480. The highest BCUT2D eigenvalue weighted by Crippen LogP contribution is 2.43. The molecule has 0 radical (unpaired) electrons. The molecule has 152 valence electrons. The number of allylic oxidation sites excluding steroid dienone is 1. The van der Waals surface area contributed by atoms with E-state index in [0.717, 1.165) is 46.6 Å². The molecule has 1 N–H and O–H groups in total. The second-order valence-electron chi connectivity index (χ2n) is 7.90. The summed E-state index contributed by atoms with van der Waals surface area (Å²) in [7, 11) is 1.54. The molecule has 0 saturated heterocycles. The van der Waals surface area contributed by atoms with E-state index in [4.69, 9.17) is 4.84 Å². The van der Waals surface area contributed by atoms with Gasteiger partial charge in [-0.3, -0.25) is 5.10 Å². The Bertz CT molecular complexity index is 1120. The molecule has 0 atom stereocenters. The van der Waals surface area contributed by atoms with E-state index in [9.17, 15) is 8.78 Å². The number of aromatic nitrogens is 2. The summed E-state index contributed by atoms with van der Waals surface area (Å²) in [4.78, 5) is 5.05. The lowest BCUT2D eigenvalue weighted by molar-refractivity contribution is 0.212. The third kappa shape index (κ3) is 3.12. The van der Waals surface area contributed by atoms with Crippen molar-refractivity contribution >= 4 is 11.8 Å². The number of oxime groups is 1. The molecule has 0 bridgehead atoms. The van der Waals surface area contributed by atoms with Gasteiger partial charge in [0.2, 0.25) is 0 Å². The van der Waals surface area contributed by atoms with E-state index < -0.39 is 5.41 Å². The molecule has 3 aromatic rings. The summed E-state index contributed by atoms with van der Waals surface area (Å²) < 4.78 is 28.3. The Kier molecular flexibility index (Phi) is 4.50. The highest BCUT2D eigenvalue weighted by Gasteiger charge is 2.39. The zero-order valence-corrected chi connectivity index (χ0v) is 16.5. The summed E-state index contributed by atoms with van der Waals surface area (Å²) in [6.07, 6.45) is 6.66. The normalized spacial score (nSPS) is 17.6. The highest BCUT2D eigenvalue weighted by atomic mass is 19.1. The second-order valence-corrected chi connectivity index (χ2v) is 7.90. The summed E-state index contributed by atoms with van der Waals surface area (Å²) in [5, 5.41) is 11.9. The molecule has 0 unspecified atom stereocenters. The van der Waals surface area contributed by atoms with Crippen LogP contribution in [0.25, 0.3) is 6.08 Å². The van der Waals surface area contributed by atoms with Crippen LogP contribution in [0.1, 0.15) is 40.9 Å². The molecule has 1 aromatic heterocycles. The summed E-state index contributed by atoms with van der Waals surface area (Å²) >= 11 is 0. The molecule has 0 aliphatic heterocycles. The van der Waals surface area contributed by atoms with E-state index >= 15 is 0 Å². The molecule has 1 heterocycles. The van der Waals surface area contributed by atoms with Crippen molar-refractivity contribution in [2.24, 2.45) is 11.1 Å². The van der Waals surface area contributed by atoms with Gasteiger partial charge >= 0.3 is 0 Å². The van der Waals surface area contributed by atoms with Crippen molar-refractivity contribution in [1.29, 1.82) is 0 Å². The molecule has 1 fully saturated rings. The summed E-state index contributed by atoms with van der Waals surface area (Å²) in [6.45, 7) is 0. The van der Waals surface area contributed by atoms with Gasteiger partial charge in [-0.2, -0.15) is 5.10 Å². The van der Waals surface area contributed by atoms with Gasteiger partial charge in [0.25, 0.3) is 0 Å². The van der Waals surface area contributed by atoms with E-state index in [0.29, 0.717) is 12.3 Å². The number of halogens is 2. The zero-order valence-electron chi connectivity index (χ0n) is 16.5. The number of hydrogen-bond donors (Lipinski definition) is 1. The first kappa shape index (κ1) is 18.7. The lowest BCUT2D eigenvalue weighted by Gasteiger charge is -2.34. The fourth-order valence-electron chi connectivity index (χ4n) is 4.32. The van der Waals surface area contributed by atoms with Crippen LogP contribution in [0, 0.1) is 17.6 Å². The summed E-state index contributed by atoms with van der Waals surface area (Å²) in [5.41, 5.74) is 4.32. The van der Waals surface area contributed by atoms with Crippen LogP contribution in [0.15, 0.2) is 59.8 Å². The summed E-state index contributed by atoms with van der Waals surface area (Å²) in [6, 6.07) is 13.0. The number of nitrogens with zero attached hydrogens (tertiary/aromatic N) is 2. The lowest BCUT2D eigenvalue weighted by atomic mass is 9.68. The van der Waals surface area contributed by atoms with Gasteiger partial charge in [0, 0.05) is 29.0 Å². The molecule has 4 nitrogen and oxygen atoms in total. The van der Waals surface area contributed by atoms with Gasteiger partial charge in [-0.15, -0.1) is 0 Å². The van der Waals surface area contributed by atoms with E-state index in [2.05, 4.69) is 15.4 Å². The van der Waals surface area contributed by atoms with E-state index in [-0.39, 0.29) is 11.6 Å². The Morgan fingerprint density at radius 3 is 2.33 bits per heavy atom. The SMILES string of the molecule is CON=C(c1n[nH]c2c1C=CC(c1cccc(F)c1)(c1cccc(F)c1)C2)C1CC1. The summed E-state index contributed by atoms with van der Waals surface area (Å²) in [5.74, 6) is -0.282. The van der Waals surface area contributed by atoms with Gasteiger partial charge in [-0.05, 0) is 48.2 Å². The van der Waals surface area contributed by atoms with Gasteiger partial charge in [-0.25, -0.2) is 8.78 Å². The van der Waals surface area contributed by atoms with Crippen LogP contribution >= 0.6 is 0 Å². The van der Waals surface area contributed by atoms with Crippen LogP contribution < -0.4 is 0 Å². The fourth-order valence-corrected chi connectivity index (χ4v) is 4.32. The second kappa shape index (κ2) is 7.20. The third-order valence-corrected chi connectivity index (χ3v) is 5.95. The lowest BCUT2D eigenvalue weighted by Crippen LogP contribution is -2.31. The number of nitrogens with one attached hydrogen (secondary N) is 1. The number of fused-ring (bicyclic) bond motifs is 1. The van der Waals surface area contributed by atoms with Crippen molar-refractivity contribution in [1.82, 2.24) is 10.2 Å². The Morgan fingerprint density at radius 1 is 1.10 bits per heavy atom. The zero-order chi connectivity index (χ0) is 20.7. The van der Waals surface area contributed by atoms with Crippen molar-refractivity contribution in [3.05, 3.63) is 94.3 Å². The number of rotatable bonds is 5. The molecule has 0 spiro atoms. The van der Waals surface area contributed by atoms with Gasteiger partial charge in [0.05, 0.1) is 0 Å². The molecular weight excluding hydrogens is 384 g/mol. The molecule has 2 aliphatic rings. The van der Waals surface area contributed by atoms with Gasteiger partial charge in [0.1, 0.15) is 30.1 Å². The predicted octanol–water partition coefficient (Wildman–Crippen LogP) is 5.00. The van der Waals surface area contributed by atoms with E-state index in [1.54, 1.807) is 12.1 Å². The largest absolute Gasteiger partial charge is 0.399 e. The number of H-pyrrole nitrogens is 1.